The summed E-state index contributed by atoms with van der Waals surface area (Å²) in [4.78, 5) is 13.4. The van der Waals surface area contributed by atoms with E-state index in [-0.39, 0.29) is 23.2 Å². The van der Waals surface area contributed by atoms with Crippen LogP contribution in [0.3, 0.4) is 0 Å². The van der Waals surface area contributed by atoms with E-state index in [1.165, 1.54) is 6.07 Å². The lowest BCUT2D eigenvalue weighted by Crippen LogP contribution is -2.32. The smallest absolute Gasteiger partial charge is 0.288 e. The average Bonchev–Trinajstić information content (AvgIpc) is 2.33. The molecule has 0 bridgehead atoms. The van der Waals surface area contributed by atoms with E-state index in [0.717, 1.165) is 0 Å². The van der Waals surface area contributed by atoms with Crippen LogP contribution in [0.2, 0.25) is 0 Å². The lowest BCUT2D eigenvalue weighted by molar-refractivity contribution is -0.128. The first kappa shape index (κ1) is 13.1. The van der Waals surface area contributed by atoms with Crippen molar-refractivity contribution in [1.82, 2.24) is 4.90 Å². The monoisotopic (exact) mass is 235 g/mol. The molecule has 0 aromatic heterocycles. The van der Waals surface area contributed by atoms with E-state index < -0.39 is 0 Å². The second-order valence-corrected chi connectivity index (χ2v) is 3.47. The number of phenols is 1. The molecular weight excluding hydrogens is 218 g/mol. The van der Waals surface area contributed by atoms with Crippen LogP contribution in [-0.4, -0.2) is 29.0 Å². The standard InChI is InChI=1S/C13H17NO3/c1-4-14(5-2)13(16)10(3)17-12-9-7-6-8-11(12)15/h6-9,15H,3-5H2,1-2H3. The molecular formula is C13H17NO3. The normalized spacial score (nSPS) is 9.76. The number of benzene rings is 1. The van der Waals surface area contributed by atoms with Crippen molar-refractivity contribution >= 4 is 5.91 Å². The molecule has 4 nitrogen and oxygen atoms in total. The fraction of sp³-hybridized carbons (Fsp3) is 0.308. The summed E-state index contributed by atoms with van der Waals surface area (Å²) in [6.07, 6.45) is 0. The number of nitrogens with zero attached hydrogens (tertiary/aromatic N) is 1. The highest BCUT2D eigenvalue weighted by Gasteiger charge is 2.16. The first-order valence-corrected chi connectivity index (χ1v) is 5.54. The Bertz CT molecular complexity index is 411. The summed E-state index contributed by atoms with van der Waals surface area (Å²) in [5.41, 5.74) is 0. The zero-order valence-electron chi connectivity index (χ0n) is 10.1. The molecule has 1 aromatic rings. The number of hydrogen-bond donors (Lipinski definition) is 1. The van der Waals surface area contributed by atoms with Crippen LogP contribution in [-0.2, 0) is 4.79 Å². The Morgan fingerprint density at radius 1 is 1.35 bits per heavy atom. The number of ether oxygens (including phenoxy) is 1. The molecule has 0 aliphatic rings. The SMILES string of the molecule is C=C(Oc1ccccc1O)C(=O)N(CC)CC. The summed E-state index contributed by atoms with van der Waals surface area (Å²) in [5.74, 6) is -0.0348. The molecule has 1 amide bonds. The Morgan fingerprint density at radius 2 is 1.94 bits per heavy atom. The molecule has 1 rings (SSSR count). The summed E-state index contributed by atoms with van der Waals surface area (Å²) in [5, 5.41) is 9.50. The number of likely N-dealkylation sites (N-methyl/N-ethyl adjacent to an activating group) is 1. The van der Waals surface area contributed by atoms with Gasteiger partial charge in [0, 0.05) is 13.1 Å². The maximum atomic E-state index is 11.8. The summed E-state index contributed by atoms with van der Waals surface area (Å²) in [7, 11) is 0. The molecule has 4 heteroatoms. The Kier molecular flexibility index (Phi) is 4.57. The van der Waals surface area contributed by atoms with Gasteiger partial charge in [0.05, 0.1) is 0 Å². The van der Waals surface area contributed by atoms with Gasteiger partial charge in [-0.2, -0.15) is 0 Å². The van der Waals surface area contributed by atoms with E-state index in [0.29, 0.717) is 13.1 Å². The molecule has 1 N–H and O–H groups in total. The molecule has 0 spiro atoms. The van der Waals surface area contributed by atoms with E-state index in [9.17, 15) is 9.90 Å². The molecule has 0 saturated heterocycles. The van der Waals surface area contributed by atoms with Crippen molar-refractivity contribution in [2.75, 3.05) is 13.1 Å². The van der Waals surface area contributed by atoms with Gasteiger partial charge in [0.1, 0.15) is 0 Å². The Labute approximate surface area is 101 Å². The lowest BCUT2D eigenvalue weighted by atomic mass is 10.3. The maximum Gasteiger partial charge on any atom is 0.288 e. The zero-order chi connectivity index (χ0) is 12.8. The van der Waals surface area contributed by atoms with Crippen LogP contribution in [0.25, 0.3) is 0 Å². The second kappa shape index (κ2) is 5.94. The fourth-order valence-electron chi connectivity index (χ4n) is 1.41. The van der Waals surface area contributed by atoms with Gasteiger partial charge in [-0.1, -0.05) is 18.7 Å². The number of carbonyl (C=O) groups is 1. The minimum atomic E-state index is -0.266. The summed E-state index contributed by atoms with van der Waals surface area (Å²) in [6.45, 7) is 8.54. The Morgan fingerprint density at radius 3 is 2.47 bits per heavy atom. The van der Waals surface area contributed by atoms with Gasteiger partial charge in [-0.3, -0.25) is 4.79 Å². The minimum absolute atomic E-state index is 0.00944. The van der Waals surface area contributed by atoms with Gasteiger partial charge in [-0.25, -0.2) is 0 Å². The molecule has 92 valence electrons. The topological polar surface area (TPSA) is 49.8 Å². The molecule has 0 fully saturated rings. The average molecular weight is 235 g/mol. The van der Waals surface area contributed by atoms with Crippen LogP contribution in [0.15, 0.2) is 36.6 Å². The Balaban J connectivity index is 2.73. The molecule has 0 aliphatic carbocycles. The maximum absolute atomic E-state index is 11.8. The van der Waals surface area contributed by atoms with Crippen molar-refractivity contribution < 1.29 is 14.6 Å². The van der Waals surface area contributed by atoms with Crippen molar-refractivity contribution in [3.63, 3.8) is 0 Å². The van der Waals surface area contributed by atoms with Gasteiger partial charge in [0.2, 0.25) is 0 Å². The third-order valence-corrected chi connectivity index (χ3v) is 2.39. The van der Waals surface area contributed by atoms with E-state index in [1.807, 2.05) is 13.8 Å². The molecule has 17 heavy (non-hydrogen) atoms. The highest BCUT2D eigenvalue weighted by Crippen LogP contribution is 2.26. The number of aromatic hydroxyl groups is 1. The number of rotatable bonds is 5. The predicted octanol–water partition coefficient (Wildman–Crippen LogP) is 2.15. The summed E-state index contributed by atoms with van der Waals surface area (Å²) in [6, 6.07) is 6.46. The molecule has 0 saturated carbocycles. The lowest BCUT2D eigenvalue weighted by Gasteiger charge is -2.19. The third-order valence-electron chi connectivity index (χ3n) is 2.39. The Hall–Kier alpha value is -1.97. The molecule has 0 aliphatic heterocycles. The van der Waals surface area contributed by atoms with Crippen molar-refractivity contribution in [1.29, 1.82) is 0 Å². The highest BCUT2D eigenvalue weighted by molar-refractivity contribution is 5.91. The van der Waals surface area contributed by atoms with Crippen molar-refractivity contribution in [3.05, 3.63) is 36.6 Å². The molecule has 1 aromatic carbocycles. The van der Waals surface area contributed by atoms with Crippen molar-refractivity contribution in [2.24, 2.45) is 0 Å². The van der Waals surface area contributed by atoms with E-state index in [4.69, 9.17) is 4.74 Å². The number of amides is 1. The van der Waals surface area contributed by atoms with Gasteiger partial charge in [0.15, 0.2) is 17.3 Å². The predicted molar refractivity (Wildman–Crippen MR) is 65.8 cm³/mol. The zero-order valence-corrected chi connectivity index (χ0v) is 10.1. The molecule has 0 heterocycles. The number of carbonyl (C=O) groups excluding carboxylic acids is 1. The first-order valence-electron chi connectivity index (χ1n) is 5.54. The quantitative estimate of drug-likeness (QED) is 0.628. The largest absolute Gasteiger partial charge is 0.504 e. The summed E-state index contributed by atoms with van der Waals surface area (Å²) >= 11 is 0. The van der Waals surface area contributed by atoms with Gasteiger partial charge < -0.3 is 14.7 Å². The van der Waals surface area contributed by atoms with Gasteiger partial charge in [-0.05, 0) is 26.0 Å². The third kappa shape index (κ3) is 3.24. The number of hydrogen-bond acceptors (Lipinski definition) is 3. The van der Waals surface area contributed by atoms with Crippen LogP contribution >= 0.6 is 0 Å². The second-order valence-electron chi connectivity index (χ2n) is 3.47. The van der Waals surface area contributed by atoms with Crippen LogP contribution < -0.4 is 4.74 Å². The fourth-order valence-corrected chi connectivity index (χ4v) is 1.41. The van der Waals surface area contributed by atoms with Crippen molar-refractivity contribution in [2.45, 2.75) is 13.8 Å². The molecule has 0 atom stereocenters. The van der Waals surface area contributed by atoms with Crippen LogP contribution in [0.5, 0.6) is 11.5 Å². The summed E-state index contributed by atoms with van der Waals surface area (Å²) < 4.78 is 5.26. The van der Waals surface area contributed by atoms with Crippen LogP contribution in [0, 0.1) is 0 Å². The van der Waals surface area contributed by atoms with Crippen molar-refractivity contribution in [3.8, 4) is 11.5 Å². The highest BCUT2D eigenvalue weighted by atomic mass is 16.5. The van der Waals surface area contributed by atoms with E-state index in [2.05, 4.69) is 6.58 Å². The van der Waals surface area contributed by atoms with Gasteiger partial charge in [-0.15, -0.1) is 0 Å². The van der Waals surface area contributed by atoms with Gasteiger partial charge >= 0.3 is 0 Å². The number of para-hydroxylation sites is 2. The van der Waals surface area contributed by atoms with E-state index >= 15 is 0 Å². The molecule has 0 unspecified atom stereocenters. The number of phenolic OH excluding ortho intramolecular Hbond substituents is 1. The molecule has 0 radical (unpaired) electrons. The van der Waals surface area contributed by atoms with Gasteiger partial charge in [0.25, 0.3) is 5.91 Å². The van der Waals surface area contributed by atoms with Crippen LogP contribution in [0.4, 0.5) is 0 Å². The van der Waals surface area contributed by atoms with E-state index in [1.54, 1.807) is 23.1 Å². The first-order chi connectivity index (χ1) is 8.10. The van der Waals surface area contributed by atoms with Crippen LogP contribution in [0.1, 0.15) is 13.8 Å². The minimum Gasteiger partial charge on any atom is -0.504 e.